The van der Waals surface area contributed by atoms with Crippen molar-refractivity contribution in [2.45, 2.75) is 26.7 Å². The molecule has 1 aliphatic rings. The van der Waals surface area contributed by atoms with E-state index >= 15 is 0 Å². The highest BCUT2D eigenvalue weighted by molar-refractivity contribution is 5.04. The number of rotatable bonds is 2. The molecule has 2 atom stereocenters. The van der Waals surface area contributed by atoms with Crippen LogP contribution >= 0.6 is 0 Å². The molecule has 0 fully saturated rings. The summed E-state index contributed by atoms with van der Waals surface area (Å²) in [5.74, 6) is 1.53. The minimum absolute atomic E-state index is 0.741. The van der Waals surface area contributed by atoms with Crippen molar-refractivity contribution in [1.82, 2.24) is 0 Å². The maximum Gasteiger partial charge on any atom is -0.00913 e. The fourth-order valence-electron chi connectivity index (χ4n) is 1.29. The van der Waals surface area contributed by atoms with Gasteiger partial charge in [0.15, 0.2) is 0 Å². The number of hydrogen-bond donors (Lipinski definition) is 0. The van der Waals surface area contributed by atoms with Crippen LogP contribution in [-0.4, -0.2) is 0 Å². The molecule has 0 saturated heterocycles. The van der Waals surface area contributed by atoms with Crippen LogP contribution in [0.4, 0.5) is 0 Å². The van der Waals surface area contributed by atoms with Gasteiger partial charge in [-0.3, -0.25) is 0 Å². The molecule has 50 valence electrons. The van der Waals surface area contributed by atoms with Crippen LogP contribution in [-0.2, 0) is 0 Å². The second-order valence-corrected chi connectivity index (χ2v) is 2.81. The first-order valence-electron chi connectivity index (χ1n) is 3.77. The van der Waals surface area contributed by atoms with Crippen LogP contribution < -0.4 is 0 Å². The Hall–Kier alpha value is -0.480. The first-order valence-corrected chi connectivity index (χ1v) is 3.77. The fraction of sp³-hybridized carbons (Fsp3) is 0.667. The Morgan fingerprint density at radius 2 is 2.22 bits per heavy atom. The molecule has 0 aromatic carbocycles. The predicted molar refractivity (Wildman–Crippen MR) is 40.2 cm³/mol. The Labute approximate surface area is 57.3 Å². The lowest BCUT2D eigenvalue weighted by Crippen LogP contribution is -2.01. The average molecular weight is 122 g/mol. The first-order chi connectivity index (χ1) is 4.34. The molecule has 0 aromatic heterocycles. The highest BCUT2D eigenvalue weighted by Crippen LogP contribution is 2.23. The van der Waals surface area contributed by atoms with Crippen LogP contribution in [0.3, 0.4) is 0 Å². The number of allylic oxidation sites excluding steroid dienone is 1. The molecule has 2 unspecified atom stereocenters. The lowest BCUT2D eigenvalue weighted by molar-refractivity contribution is 0.483. The van der Waals surface area contributed by atoms with Gasteiger partial charge in [-0.15, -0.1) is 5.73 Å². The van der Waals surface area contributed by atoms with Crippen molar-refractivity contribution in [2.24, 2.45) is 11.8 Å². The van der Waals surface area contributed by atoms with Gasteiger partial charge in [-0.1, -0.05) is 20.3 Å². The summed E-state index contributed by atoms with van der Waals surface area (Å²) in [6.45, 7) is 4.50. The van der Waals surface area contributed by atoms with Gasteiger partial charge in [0, 0.05) is 0 Å². The zero-order chi connectivity index (χ0) is 6.69. The average Bonchev–Trinajstić information content (AvgIpc) is 2.18. The second kappa shape index (κ2) is 2.89. The predicted octanol–water partition coefficient (Wildman–Crippen LogP) is 2.76. The Balaban J connectivity index is 2.36. The molecule has 0 radical (unpaired) electrons. The Kier molecular flexibility index (Phi) is 2.13. The van der Waals surface area contributed by atoms with Crippen LogP contribution in [0.2, 0.25) is 0 Å². The van der Waals surface area contributed by atoms with E-state index in [1.54, 1.807) is 0 Å². The summed E-state index contributed by atoms with van der Waals surface area (Å²) in [5.41, 5.74) is 3.16. The largest absolute Gasteiger partial charge is 0.129 e. The Morgan fingerprint density at radius 1 is 1.44 bits per heavy atom. The molecule has 0 saturated carbocycles. The van der Waals surface area contributed by atoms with Crippen LogP contribution in [0.1, 0.15) is 26.7 Å². The molecule has 0 heterocycles. The summed E-state index contributed by atoms with van der Waals surface area (Å²) in [4.78, 5) is 0. The Morgan fingerprint density at radius 3 is 2.67 bits per heavy atom. The first kappa shape index (κ1) is 6.64. The van der Waals surface area contributed by atoms with E-state index in [0.717, 1.165) is 11.8 Å². The molecule has 0 aliphatic heterocycles. The molecule has 1 rings (SSSR count). The van der Waals surface area contributed by atoms with Crippen LogP contribution in [0.5, 0.6) is 0 Å². The molecular weight excluding hydrogens is 108 g/mol. The topological polar surface area (TPSA) is 0 Å². The van der Waals surface area contributed by atoms with E-state index in [1.165, 1.54) is 12.8 Å². The molecular formula is C9H14. The molecule has 9 heavy (non-hydrogen) atoms. The van der Waals surface area contributed by atoms with Gasteiger partial charge in [0.1, 0.15) is 0 Å². The smallest absolute Gasteiger partial charge is 0.00913 e. The maximum atomic E-state index is 3.16. The van der Waals surface area contributed by atoms with E-state index in [4.69, 9.17) is 0 Å². The molecule has 0 bridgehead atoms. The number of hydrogen-bond acceptors (Lipinski definition) is 0. The van der Waals surface area contributed by atoms with Gasteiger partial charge in [-0.05, 0) is 30.4 Å². The molecule has 1 aliphatic carbocycles. The van der Waals surface area contributed by atoms with E-state index in [0.29, 0.717) is 0 Å². The van der Waals surface area contributed by atoms with E-state index in [2.05, 4.69) is 31.7 Å². The van der Waals surface area contributed by atoms with Crippen molar-refractivity contribution in [3.05, 3.63) is 17.9 Å². The van der Waals surface area contributed by atoms with Gasteiger partial charge in [0.2, 0.25) is 0 Å². The summed E-state index contributed by atoms with van der Waals surface area (Å²) < 4.78 is 0. The third kappa shape index (κ3) is 1.46. The molecule has 0 amide bonds. The highest BCUT2D eigenvalue weighted by Gasteiger charge is 2.13. The van der Waals surface area contributed by atoms with Crippen molar-refractivity contribution in [3.8, 4) is 0 Å². The van der Waals surface area contributed by atoms with Crippen LogP contribution in [0, 0.1) is 11.8 Å². The fourth-order valence-corrected chi connectivity index (χ4v) is 1.29. The maximum absolute atomic E-state index is 3.16. The van der Waals surface area contributed by atoms with E-state index in [1.807, 2.05) is 0 Å². The highest BCUT2D eigenvalue weighted by atomic mass is 14.2. The minimum Gasteiger partial charge on any atom is -0.129 e. The standard InChI is InChI=1S/C9H14/c1-3-5-9-7-4-6-8(9)2/h6-9H,3,5H2,1-2H3. The lowest BCUT2D eigenvalue weighted by Gasteiger charge is -2.10. The molecule has 0 nitrogen and oxygen atoms in total. The van der Waals surface area contributed by atoms with Crippen molar-refractivity contribution in [3.63, 3.8) is 0 Å². The minimum atomic E-state index is 0.741. The van der Waals surface area contributed by atoms with Crippen molar-refractivity contribution in [2.75, 3.05) is 0 Å². The lowest BCUT2D eigenvalue weighted by atomic mass is 9.94. The summed E-state index contributed by atoms with van der Waals surface area (Å²) in [7, 11) is 0. The summed E-state index contributed by atoms with van der Waals surface area (Å²) in [5, 5.41) is 0. The zero-order valence-corrected chi connectivity index (χ0v) is 6.22. The van der Waals surface area contributed by atoms with Gasteiger partial charge < -0.3 is 0 Å². The van der Waals surface area contributed by atoms with Crippen LogP contribution in [0.25, 0.3) is 0 Å². The third-order valence-corrected chi connectivity index (χ3v) is 1.97. The molecule has 0 N–H and O–H groups in total. The molecule has 0 spiro atoms. The molecule has 0 aromatic rings. The summed E-state index contributed by atoms with van der Waals surface area (Å²) in [6.07, 6.45) is 6.99. The zero-order valence-electron chi connectivity index (χ0n) is 6.22. The van der Waals surface area contributed by atoms with Gasteiger partial charge >= 0.3 is 0 Å². The van der Waals surface area contributed by atoms with Crippen molar-refractivity contribution in [1.29, 1.82) is 0 Å². The van der Waals surface area contributed by atoms with E-state index < -0.39 is 0 Å². The SMILES string of the molecule is CCCC1C=C=CC1C. The van der Waals surface area contributed by atoms with E-state index in [-0.39, 0.29) is 0 Å². The second-order valence-electron chi connectivity index (χ2n) is 2.81. The quantitative estimate of drug-likeness (QED) is 0.494. The van der Waals surface area contributed by atoms with Crippen LogP contribution in [0.15, 0.2) is 17.9 Å². The van der Waals surface area contributed by atoms with E-state index in [9.17, 15) is 0 Å². The van der Waals surface area contributed by atoms with Gasteiger partial charge in [-0.25, -0.2) is 0 Å². The van der Waals surface area contributed by atoms with Gasteiger partial charge in [0.25, 0.3) is 0 Å². The monoisotopic (exact) mass is 122 g/mol. The third-order valence-electron chi connectivity index (χ3n) is 1.97. The van der Waals surface area contributed by atoms with Crippen molar-refractivity contribution >= 4 is 0 Å². The summed E-state index contributed by atoms with van der Waals surface area (Å²) in [6, 6.07) is 0. The van der Waals surface area contributed by atoms with Gasteiger partial charge in [0.05, 0.1) is 0 Å². The summed E-state index contributed by atoms with van der Waals surface area (Å²) >= 11 is 0. The van der Waals surface area contributed by atoms with Crippen molar-refractivity contribution < 1.29 is 0 Å². The van der Waals surface area contributed by atoms with Gasteiger partial charge in [-0.2, -0.15) is 0 Å². The molecule has 0 heteroatoms. The Bertz CT molecular complexity index is 138. The normalized spacial score (nSPS) is 31.8.